The van der Waals surface area contributed by atoms with Gasteiger partial charge in [-0.15, -0.1) is 0 Å². The maximum Gasteiger partial charge on any atom is 0.236 e. The number of fused-ring (bicyclic) bond motifs is 1. The van der Waals surface area contributed by atoms with Crippen LogP contribution in [0.25, 0.3) is 11.2 Å². The summed E-state index contributed by atoms with van der Waals surface area (Å²) in [5.41, 5.74) is 1.49. The first-order chi connectivity index (χ1) is 9.70. The molecular formula is C12H11N5O2S. The molecule has 0 aliphatic rings. The Hall–Kier alpha value is -2.35. The summed E-state index contributed by atoms with van der Waals surface area (Å²) < 4.78 is 4.87. The highest BCUT2D eigenvalue weighted by molar-refractivity contribution is 7.99. The van der Waals surface area contributed by atoms with Crippen LogP contribution in [0.1, 0.15) is 5.76 Å². The highest BCUT2D eigenvalue weighted by atomic mass is 32.2. The molecule has 20 heavy (non-hydrogen) atoms. The fourth-order valence-electron chi connectivity index (χ4n) is 1.63. The molecule has 2 N–H and O–H groups in total. The number of thioether (sulfide) groups is 1. The van der Waals surface area contributed by atoms with Crippen LogP contribution in [0.2, 0.25) is 0 Å². The average Bonchev–Trinajstić information content (AvgIpc) is 3.02. The molecule has 0 radical (unpaired) electrons. The van der Waals surface area contributed by atoms with E-state index in [0.29, 0.717) is 22.4 Å². The normalized spacial score (nSPS) is 10.8. The van der Waals surface area contributed by atoms with E-state index in [1.54, 1.807) is 19.2 Å². The molecule has 0 aliphatic heterocycles. The summed E-state index contributed by atoms with van der Waals surface area (Å²) in [7, 11) is 0. The lowest BCUT2D eigenvalue weighted by Gasteiger charge is -1.98. The molecule has 0 atom stereocenters. The monoisotopic (exact) mass is 289 g/mol. The molecule has 0 aromatic carbocycles. The van der Waals surface area contributed by atoms with Crippen molar-refractivity contribution in [3.8, 4) is 0 Å². The number of nitrogens with zero attached hydrogens (tertiary/aromatic N) is 3. The molecule has 3 heterocycles. The van der Waals surface area contributed by atoms with Gasteiger partial charge in [0.15, 0.2) is 16.6 Å². The number of nitrogens with one attached hydrogen (secondary N) is 2. The smallest absolute Gasteiger partial charge is 0.236 e. The zero-order chi connectivity index (χ0) is 13.9. The van der Waals surface area contributed by atoms with Crippen LogP contribution in [0.15, 0.2) is 34.1 Å². The topological polar surface area (TPSA) is 96.7 Å². The van der Waals surface area contributed by atoms with E-state index in [-0.39, 0.29) is 11.7 Å². The number of aromatic nitrogens is 4. The van der Waals surface area contributed by atoms with Gasteiger partial charge in [0.05, 0.1) is 11.3 Å². The summed E-state index contributed by atoms with van der Waals surface area (Å²) in [6, 6.07) is 5.37. The summed E-state index contributed by atoms with van der Waals surface area (Å²) >= 11 is 1.30. The van der Waals surface area contributed by atoms with Gasteiger partial charge in [-0.05, 0) is 19.1 Å². The second-order valence-corrected chi connectivity index (χ2v) is 5.04. The Morgan fingerprint density at radius 1 is 1.55 bits per heavy atom. The number of carbonyl (C=O) groups excluding carboxylic acids is 1. The Bertz CT molecular complexity index is 718. The van der Waals surface area contributed by atoms with Gasteiger partial charge in [0.25, 0.3) is 0 Å². The molecular weight excluding hydrogens is 278 g/mol. The number of H-pyrrole nitrogens is 1. The van der Waals surface area contributed by atoms with E-state index in [2.05, 4.69) is 25.4 Å². The molecule has 3 rings (SSSR count). The number of hydrogen-bond acceptors (Lipinski definition) is 6. The summed E-state index contributed by atoms with van der Waals surface area (Å²) in [5.74, 6) is 1.12. The third kappa shape index (κ3) is 2.80. The number of aromatic amines is 1. The largest absolute Gasteiger partial charge is 0.360 e. The third-order valence-corrected chi connectivity index (χ3v) is 3.34. The quantitative estimate of drug-likeness (QED) is 0.713. The van der Waals surface area contributed by atoms with Crippen molar-refractivity contribution in [3.05, 3.63) is 30.2 Å². The second-order valence-electron chi connectivity index (χ2n) is 4.08. The van der Waals surface area contributed by atoms with Crippen molar-refractivity contribution in [3.63, 3.8) is 0 Å². The van der Waals surface area contributed by atoms with Gasteiger partial charge < -0.3 is 14.8 Å². The van der Waals surface area contributed by atoms with Crippen LogP contribution in [-0.2, 0) is 4.79 Å². The summed E-state index contributed by atoms with van der Waals surface area (Å²) in [4.78, 5) is 23.2. The number of anilines is 1. The number of hydrogen-bond donors (Lipinski definition) is 2. The van der Waals surface area contributed by atoms with Crippen molar-refractivity contribution in [2.24, 2.45) is 0 Å². The highest BCUT2D eigenvalue weighted by Crippen LogP contribution is 2.18. The SMILES string of the molecule is Cc1cc(NC(=O)CSc2nc3ncccc3[nH]2)no1. The van der Waals surface area contributed by atoms with Crippen LogP contribution in [0.4, 0.5) is 5.82 Å². The zero-order valence-corrected chi connectivity index (χ0v) is 11.4. The first-order valence-electron chi connectivity index (χ1n) is 5.87. The number of imidazole rings is 1. The van der Waals surface area contributed by atoms with E-state index in [1.165, 1.54) is 11.8 Å². The highest BCUT2D eigenvalue weighted by Gasteiger charge is 2.09. The Morgan fingerprint density at radius 2 is 2.45 bits per heavy atom. The second kappa shape index (κ2) is 5.33. The summed E-state index contributed by atoms with van der Waals surface area (Å²) in [5, 5.41) is 7.00. The maximum atomic E-state index is 11.7. The van der Waals surface area contributed by atoms with Crippen molar-refractivity contribution in [2.75, 3.05) is 11.1 Å². The Balaban J connectivity index is 1.59. The minimum Gasteiger partial charge on any atom is -0.360 e. The van der Waals surface area contributed by atoms with Gasteiger partial charge in [-0.1, -0.05) is 16.9 Å². The molecule has 102 valence electrons. The molecule has 1 amide bonds. The van der Waals surface area contributed by atoms with Gasteiger partial charge in [-0.25, -0.2) is 9.97 Å². The standard InChI is InChI=1S/C12H11N5O2S/c1-7-5-9(17-19-7)15-10(18)6-20-12-14-8-3-2-4-13-11(8)16-12/h2-5H,6H2,1H3,(H,13,14,16)(H,15,17,18). The van der Waals surface area contributed by atoms with Gasteiger partial charge >= 0.3 is 0 Å². The first kappa shape index (κ1) is 12.7. The van der Waals surface area contributed by atoms with E-state index < -0.39 is 0 Å². The van der Waals surface area contributed by atoms with Crippen LogP contribution in [-0.4, -0.2) is 31.8 Å². The molecule has 0 unspecified atom stereocenters. The molecule has 0 spiro atoms. The number of amides is 1. The van der Waals surface area contributed by atoms with Crippen molar-refractivity contribution >= 4 is 34.7 Å². The van der Waals surface area contributed by atoms with Gasteiger partial charge in [0, 0.05) is 12.3 Å². The van der Waals surface area contributed by atoms with Crippen LogP contribution in [0, 0.1) is 6.92 Å². The van der Waals surface area contributed by atoms with Crippen molar-refractivity contribution < 1.29 is 9.32 Å². The molecule has 7 nitrogen and oxygen atoms in total. The molecule has 0 fully saturated rings. The maximum absolute atomic E-state index is 11.7. The fourth-order valence-corrected chi connectivity index (χ4v) is 2.30. The number of carbonyl (C=O) groups is 1. The molecule has 3 aromatic heterocycles. The van der Waals surface area contributed by atoms with Crippen LogP contribution < -0.4 is 5.32 Å². The fraction of sp³-hybridized carbons (Fsp3) is 0.167. The zero-order valence-electron chi connectivity index (χ0n) is 10.6. The Kier molecular flexibility index (Phi) is 3.38. The lowest BCUT2D eigenvalue weighted by atomic mass is 10.4. The van der Waals surface area contributed by atoms with E-state index in [0.717, 1.165) is 5.52 Å². The predicted molar refractivity (Wildman–Crippen MR) is 74.5 cm³/mol. The van der Waals surface area contributed by atoms with Crippen LogP contribution >= 0.6 is 11.8 Å². The van der Waals surface area contributed by atoms with E-state index in [1.807, 2.05) is 12.1 Å². The van der Waals surface area contributed by atoms with Gasteiger partial charge in [0.1, 0.15) is 5.76 Å². The van der Waals surface area contributed by atoms with Crippen molar-refractivity contribution in [2.45, 2.75) is 12.1 Å². The van der Waals surface area contributed by atoms with Crippen molar-refractivity contribution in [1.29, 1.82) is 0 Å². The summed E-state index contributed by atoms with van der Waals surface area (Å²) in [6.07, 6.45) is 1.68. The van der Waals surface area contributed by atoms with Crippen molar-refractivity contribution in [1.82, 2.24) is 20.1 Å². The van der Waals surface area contributed by atoms with E-state index >= 15 is 0 Å². The van der Waals surface area contributed by atoms with Gasteiger partial charge in [-0.3, -0.25) is 4.79 Å². The minimum absolute atomic E-state index is 0.170. The molecule has 8 heteroatoms. The molecule has 0 saturated heterocycles. The lowest BCUT2D eigenvalue weighted by Crippen LogP contribution is -2.14. The lowest BCUT2D eigenvalue weighted by molar-refractivity contribution is -0.113. The summed E-state index contributed by atoms with van der Waals surface area (Å²) in [6.45, 7) is 1.76. The third-order valence-electron chi connectivity index (χ3n) is 2.47. The molecule has 0 aliphatic carbocycles. The number of rotatable bonds is 4. The molecule has 0 bridgehead atoms. The Labute approximate surface area is 118 Å². The van der Waals surface area contributed by atoms with Crippen LogP contribution in [0.5, 0.6) is 0 Å². The number of pyridine rings is 1. The van der Waals surface area contributed by atoms with Gasteiger partial charge in [-0.2, -0.15) is 0 Å². The van der Waals surface area contributed by atoms with Crippen LogP contribution in [0.3, 0.4) is 0 Å². The predicted octanol–water partition coefficient (Wildman–Crippen LogP) is 1.99. The van der Waals surface area contributed by atoms with Gasteiger partial charge in [0.2, 0.25) is 5.91 Å². The number of aryl methyl sites for hydroxylation is 1. The first-order valence-corrected chi connectivity index (χ1v) is 6.86. The Morgan fingerprint density at radius 3 is 3.20 bits per heavy atom. The van der Waals surface area contributed by atoms with E-state index in [4.69, 9.17) is 4.52 Å². The molecule has 0 saturated carbocycles. The van der Waals surface area contributed by atoms with E-state index in [9.17, 15) is 4.79 Å². The average molecular weight is 289 g/mol. The minimum atomic E-state index is -0.170. The molecule has 3 aromatic rings.